The van der Waals surface area contributed by atoms with Gasteiger partial charge in [-0.1, -0.05) is 39.0 Å². The Bertz CT molecular complexity index is 211. The van der Waals surface area contributed by atoms with Gasteiger partial charge in [0.2, 0.25) is 0 Å². The van der Waals surface area contributed by atoms with Crippen molar-refractivity contribution in [2.45, 2.75) is 51.7 Å². The molecule has 0 amide bonds. The monoisotopic (exact) mass is 226 g/mol. The predicted molar refractivity (Wildman–Crippen MR) is 71.7 cm³/mol. The molecule has 0 radical (unpaired) electrons. The van der Waals surface area contributed by atoms with Gasteiger partial charge in [-0.05, 0) is 31.0 Å². The number of rotatable bonds is 6. The summed E-state index contributed by atoms with van der Waals surface area (Å²) in [6.07, 6.45) is 8.20. The molecule has 0 N–H and O–H groups in total. The summed E-state index contributed by atoms with van der Waals surface area (Å²) >= 11 is 0. The van der Waals surface area contributed by atoms with Crippen LogP contribution in [0.1, 0.15) is 33.6 Å². The fourth-order valence-corrected chi connectivity index (χ4v) is 1.97. The molecule has 0 heterocycles. The molecule has 0 aromatic heterocycles. The van der Waals surface area contributed by atoms with Crippen LogP contribution in [0.4, 0.5) is 0 Å². The Labute approximate surface area is 96.4 Å². The third-order valence-electron chi connectivity index (χ3n) is 3.02. The van der Waals surface area contributed by atoms with Crippen LogP contribution in [-0.4, -0.2) is 14.9 Å². The largest absolute Gasteiger partial charge is 0.417 e. The minimum atomic E-state index is -1.53. The summed E-state index contributed by atoms with van der Waals surface area (Å²) < 4.78 is 6.04. The van der Waals surface area contributed by atoms with E-state index >= 15 is 0 Å². The van der Waals surface area contributed by atoms with Gasteiger partial charge in [-0.3, -0.25) is 0 Å². The third kappa shape index (κ3) is 5.95. The highest BCUT2D eigenvalue weighted by Crippen LogP contribution is 2.36. The Morgan fingerprint density at radius 1 is 1.20 bits per heavy atom. The first-order valence-corrected chi connectivity index (χ1v) is 8.62. The Hall–Kier alpha value is -0.343. The maximum absolute atomic E-state index is 6.04. The summed E-state index contributed by atoms with van der Waals surface area (Å²) in [5, 5.41) is 0.317. The average Bonchev–Trinajstić information content (AvgIpc) is 2.09. The van der Waals surface area contributed by atoms with Crippen molar-refractivity contribution in [3.8, 4) is 0 Å². The van der Waals surface area contributed by atoms with E-state index in [1.165, 1.54) is 0 Å². The molecule has 0 spiro atoms. The van der Waals surface area contributed by atoms with Crippen molar-refractivity contribution in [1.29, 1.82) is 0 Å². The van der Waals surface area contributed by atoms with Crippen molar-refractivity contribution in [3.63, 3.8) is 0 Å². The second kappa shape index (κ2) is 6.29. The first-order valence-electron chi connectivity index (χ1n) is 5.71. The molecule has 1 nitrogen and oxygen atoms in total. The molecule has 0 rings (SSSR count). The Kier molecular flexibility index (Phi) is 6.14. The number of hydrogen-bond acceptors (Lipinski definition) is 1. The van der Waals surface area contributed by atoms with Gasteiger partial charge in [0, 0.05) is 6.61 Å². The molecule has 0 unspecified atom stereocenters. The van der Waals surface area contributed by atoms with Crippen molar-refractivity contribution in [1.82, 2.24) is 0 Å². The lowest BCUT2D eigenvalue weighted by atomic mass is 10.2. The minimum absolute atomic E-state index is 0.317. The molecule has 0 aliphatic heterocycles. The molecular weight excluding hydrogens is 200 g/mol. The van der Waals surface area contributed by atoms with E-state index in [1.807, 2.05) is 6.08 Å². The summed E-state index contributed by atoms with van der Waals surface area (Å²) in [6, 6.07) is 0. The van der Waals surface area contributed by atoms with Crippen molar-refractivity contribution in [2.24, 2.45) is 0 Å². The maximum atomic E-state index is 6.04. The Morgan fingerprint density at radius 3 is 2.27 bits per heavy atom. The van der Waals surface area contributed by atoms with Crippen LogP contribution in [0.2, 0.25) is 18.1 Å². The van der Waals surface area contributed by atoms with Crippen LogP contribution in [0, 0.1) is 0 Å². The fraction of sp³-hybridized carbons (Fsp3) is 0.692. The quantitative estimate of drug-likeness (QED) is 0.367. The van der Waals surface area contributed by atoms with Gasteiger partial charge in [0.1, 0.15) is 0 Å². The van der Waals surface area contributed by atoms with Crippen molar-refractivity contribution >= 4 is 8.32 Å². The Morgan fingerprint density at radius 2 is 1.80 bits per heavy atom. The van der Waals surface area contributed by atoms with Crippen LogP contribution < -0.4 is 0 Å². The highest BCUT2D eigenvalue weighted by Gasteiger charge is 2.36. The summed E-state index contributed by atoms with van der Waals surface area (Å²) in [7, 11) is -1.53. The molecule has 0 aliphatic carbocycles. The standard InChI is InChI=1S/C13H26OSi/c1-7-8-9-10-11-12-14-15(5,6)13(2,3)4/h7,9-10H,1,8,11-12H2,2-6H3/b10-9+. The molecule has 0 saturated heterocycles. The zero-order valence-electron chi connectivity index (χ0n) is 11.0. The van der Waals surface area contributed by atoms with Crippen LogP contribution in [0.25, 0.3) is 0 Å². The molecule has 88 valence electrons. The van der Waals surface area contributed by atoms with Crippen molar-refractivity contribution in [2.75, 3.05) is 6.61 Å². The van der Waals surface area contributed by atoms with E-state index in [-0.39, 0.29) is 0 Å². The number of hydrogen-bond donors (Lipinski definition) is 0. The van der Waals surface area contributed by atoms with Gasteiger partial charge in [0.05, 0.1) is 0 Å². The van der Waals surface area contributed by atoms with Crippen LogP contribution in [0.5, 0.6) is 0 Å². The van der Waals surface area contributed by atoms with E-state index in [2.05, 4.69) is 52.6 Å². The average molecular weight is 226 g/mol. The maximum Gasteiger partial charge on any atom is 0.191 e. The lowest BCUT2D eigenvalue weighted by Crippen LogP contribution is -2.40. The smallest absolute Gasteiger partial charge is 0.191 e. The van der Waals surface area contributed by atoms with E-state index < -0.39 is 8.32 Å². The lowest BCUT2D eigenvalue weighted by Gasteiger charge is -2.36. The van der Waals surface area contributed by atoms with E-state index in [1.54, 1.807) is 0 Å². The second-order valence-electron chi connectivity index (χ2n) is 5.39. The fourth-order valence-electron chi connectivity index (χ4n) is 0.909. The van der Waals surface area contributed by atoms with Gasteiger partial charge < -0.3 is 4.43 Å². The van der Waals surface area contributed by atoms with E-state index in [4.69, 9.17) is 4.43 Å². The Balaban J connectivity index is 3.81. The van der Waals surface area contributed by atoms with Gasteiger partial charge >= 0.3 is 0 Å². The first kappa shape index (κ1) is 14.7. The van der Waals surface area contributed by atoms with Gasteiger partial charge in [-0.15, -0.1) is 6.58 Å². The van der Waals surface area contributed by atoms with Crippen LogP contribution in [-0.2, 0) is 4.43 Å². The van der Waals surface area contributed by atoms with E-state index in [9.17, 15) is 0 Å². The second-order valence-corrected chi connectivity index (χ2v) is 10.2. The highest BCUT2D eigenvalue weighted by atomic mass is 28.4. The van der Waals surface area contributed by atoms with Crippen LogP contribution >= 0.6 is 0 Å². The number of allylic oxidation sites excluding steroid dienone is 2. The highest BCUT2D eigenvalue weighted by molar-refractivity contribution is 6.74. The minimum Gasteiger partial charge on any atom is -0.417 e. The summed E-state index contributed by atoms with van der Waals surface area (Å²) in [5.74, 6) is 0. The van der Waals surface area contributed by atoms with Crippen LogP contribution in [0.15, 0.2) is 24.8 Å². The molecule has 0 saturated carbocycles. The molecule has 0 aliphatic rings. The van der Waals surface area contributed by atoms with E-state index in [0.29, 0.717) is 5.04 Å². The van der Waals surface area contributed by atoms with Crippen molar-refractivity contribution < 1.29 is 4.43 Å². The zero-order valence-corrected chi connectivity index (χ0v) is 12.0. The molecule has 2 heteroatoms. The van der Waals surface area contributed by atoms with E-state index in [0.717, 1.165) is 19.4 Å². The molecule has 0 atom stereocenters. The van der Waals surface area contributed by atoms with Crippen LogP contribution in [0.3, 0.4) is 0 Å². The molecule has 15 heavy (non-hydrogen) atoms. The molecule has 0 fully saturated rings. The normalized spacial score (nSPS) is 13.4. The lowest BCUT2D eigenvalue weighted by molar-refractivity contribution is 0.294. The molecular formula is C13H26OSi. The van der Waals surface area contributed by atoms with Gasteiger partial charge in [-0.2, -0.15) is 0 Å². The SMILES string of the molecule is C=CC/C=C/CCO[Si](C)(C)C(C)(C)C. The molecule has 0 aromatic rings. The molecule has 0 bridgehead atoms. The van der Waals surface area contributed by atoms with Crippen molar-refractivity contribution in [3.05, 3.63) is 24.8 Å². The zero-order chi connectivity index (χ0) is 11.9. The van der Waals surface area contributed by atoms with Gasteiger partial charge in [0.15, 0.2) is 8.32 Å². The predicted octanol–water partition coefficient (Wildman–Crippen LogP) is 4.53. The summed E-state index contributed by atoms with van der Waals surface area (Å²) in [5.41, 5.74) is 0. The van der Waals surface area contributed by atoms with Gasteiger partial charge in [-0.25, -0.2) is 0 Å². The summed E-state index contributed by atoms with van der Waals surface area (Å²) in [6.45, 7) is 15.9. The first-order chi connectivity index (χ1) is 6.81. The topological polar surface area (TPSA) is 9.23 Å². The van der Waals surface area contributed by atoms with Gasteiger partial charge in [0.25, 0.3) is 0 Å². The third-order valence-corrected chi connectivity index (χ3v) is 7.56. The molecule has 0 aromatic carbocycles. The summed E-state index contributed by atoms with van der Waals surface area (Å²) in [4.78, 5) is 0.